The quantitative estimate of drug-likeness (QED) is 0.561. The molecule has 0 amide bonds. The van der Waals surface area contributed by atoms with Gasteiger partial charge >= 0.3 is 0 Å². The van der Waals surface area contributed by atoms with Gasteiger partial charge in [0.1, 0.15) is 23.7 Å². The van der Waals surface area contributed by atoms with Gasteiger partial charge in [-0.05, 0) is 18.6 Å². The fraction of sp³-hybridized carbons (Fsp3) is 0.474. The Bertz CT molecular complexity index is 1000. The average molecular weight is 439 g/mol. The minimum absolute atomic E-state index is 0.106. The van der Waals surface area contributed by atoms with Crippen LogP contribution in [0.25, 0.3) is 0 Å². The van der Waals surface area contributed by atoms with Crippen molar-refractivity contribution in [2.24, 2.45) is 4.99 Å². The predicted octanol–water partition coefficient (Wildman–Crippen LogP) is 1.53. The Morgan fingerprint density at radius 1 is 1.23 bits per heavy atom. The first-order valence-corrected chi connectivity index (χ1v) is 11.3. The van der Waals surface area contributed by atoms with Crippen LogP contribution in [0.1, 0.15) is 23.6 Å². The number of guanidine groups is 1. The van der Waals surface area contributed by atoms with Crippen molar-refractivity contribution in [3.05, 3.63) is 53.4 Å². The Labute approximate surface area is 173 Å². The van der Waals surface area contributed by atoms with Crippen LogP contribution in [0.5, 0.6) is 0 Å². The zero-order valence-electron chi connectivity index (χ0n) is 16.5. The summed E-state index contributed by atoms with van der Waals surface area (Å²) in [7, 11) is -1.85. The summed E-state index contributed by atoms with van der Waals surface area (Å²) in [6.45, 7) is 1.56. The molecule has 0 spiro atoms. The molecule has 2 aromatic rings. The molecule has 1 saturated carbocycles. The van der Waals surface area contributed by atoms with E-state index in [9.17, 15) is 17.2 Å². The maximum absolute atomic E-state index is 14.0. The van der Waals surface area contributed by atoms with Crippen molar-refractivity contribution in [3.63, 3.8) is 0 Å². The first kappa shape index (κ1) is 20.7. The van der Waals surface area contributed by atoms with Gasteiger partial charge in [0.25, 0.3) is 0 Å². The van der Waals surface area contributed by atoms with Gasteiger partial charge in [0, 0.05) is 56.8 Å². The van der Waals surface area contributed by atoms with Crippen LogP contribution in [0.4, 0.5) is 8.78 Å². The third-order valence-electron chi connectivity index (χ3n) is 5.44. The van der Waals surface area contributed by atoms with Crippen molar-refractivity contribution < 1.29 is 21.7 Å². The van der Waals surface area contributed by atoms with E-state index in [4.69, 9.17) is 4.52 Å². The maximum Gasteiger partial charge on any atom is 0.220 e. The van der Waals surface area contributed by atoms with Crippen molar-refractivity contribution >= 4 is 16.0 Å². The molecule has 30 heavy (non-hydrogen) atoms. The molecule has 2 unspecified atom stereocenters. The largest absolute Gasteiger partial charge is 0.364 e. The van der Waals surface area contributed by atoms with Gasteiger partial charge in [0.15, 0.2) is 5.96 Å². The highest BCUT2D eigenvalue weighted by molar-refractivity contribution is 7.88. The fourth-order valence-electron chi connectivity index (χ4n) is 3.77. The van der Waals surface area contributed by atoms with E-state index in [2.05, 4.69) is 15.5 Å². The molecule has 1 saturated heterocycles. The lowest BCUT2D eigenvalue weighted by Crippen LogP contribution is -2.54. The molecule has 0 bridgehead atoms. The van der Waals surface area contributed by atoms with Gasteiger partial charge in [-0.2, -0.15) is 4.31 Å². The first-order chi connectivity index (χ1) is 14.4. The van der Waals surface area contributed by atoms with Gasteiger partial charge in [-0.25, -0.2) is 17.2 Å². The molecule has 2 fully saturated rings. The van der Waals surface area contributed by atoms with Gasteiger partial charge in [0.2, 0.25) is 10.0 Å². The lowest BCUT2D eigenvalue weighted by Gasteiger charge is -2.35. The van der Waals surface area contributed by atoms with Crippen LogP contribution in [-0.4, -0.2) is 68.0 Å². The summed E-state index contributed by atoms with van der Waals surface area (Å²) in [6.07, 6.45) is 1.96. The number of sulfonamides is 1. The molecule has 1 aliphatic carbocycles. The van der Waals surface area contributed by atoms with Crippen molar-refractivity contribution in [3.8, 4) is 0 Å². The second kappa shape index (κ2) is 8.31. The first-order valence-electron chi connectivity index (χ1n) is 9.68. The predicted molar refractivity (Wildman–Crippen MR) is 106 cm³/mol. The minimum atomic E-state index is -3.49. The van der Waals surface area contributed by atoms with E-state index in [0.717, 1.165) is 0 Å². The van der Waals surface area contributed by atoms with Gasteiger partial charge in [-0.1, -0.05) is 11.2 Å². The van der Waals surface area contributed by atoms with Crippen LogP contribution in [0.2, 0.25) is 0 Å². The van der Waals surface area contributed by atoms with Crippen LogP contribution < -0.4 is 5.32 Å². The van der Waals surface area contributed by atoms with Gasteiger partial charge in [-0.3, -0.25) is 4.99 Å². The zero-order chi connectivity index (χ0) is 21.3. The molecule has 2 atom stereocenters. The molecule has 11 heteroatoms. The summed E-state index contributed by atoms with van der Waals surface area (Å²) in [5.74, 6) is -0.913. The van der Waals surface area contributed by atoms with Crippen LogP contribution in [0.15, 0.2) is 40.0 Å². The molecule has 2 aliphatic rings. The van der Waals surface area contributed by atoms with Crippen LogP contribution >= 0.6 is 0 Å². The third kappa shape index (κ3) is 4.31. The van der Waals surface area contributed by atoms with Crippen molar-refractivity contribution in [1.29, 1.82) is 0 Å². The topological polar surface area (TPSA) is 91.0 Å². The number of aliphatic imine (C=N–C) groups is 1. The van der Waals surface area contributed by atoms with E-state index in [0.29, 0.717) is 44.3 Å². The lowest BCUT2D eigenvalue weighted by molar-refractivity contribution is 0.259. The molecular weight excluding hydrogens is 416 g/mol. The summed E-state index contributed by atoms with van der Waals surface area (Å²) in [6, 6.07) is 5.31. The summed E-state index contributed by atoms with van der Waals surface area (Å²) in [5.41, 5.74) is 0.476. The SMILES string of the molecule is CN=C(NC1CC1c1c(F)cccc1F)N1CCN(S(=O)(=O)Cc2ccon2)CC1. The molecule has 1 aliphatic heterocycles. The Hall–Kier alpha value is -2.53. The second-order valence-corrected chi connectivity index (χ2v) is 9.38. The second-order valence-electron chi connectivity index (χ2n) is 7.41. The van der Waals surface area contributed by atoms with Gasteiger partial charge in [-0.15, -0.1) is 0 Å². The molecular formula is C19H23F2N5O3S. The monoisotopic (exact) mass is 439 g/mol. The Morgan fingerprint density at radius 3 is 2.53 bits per heavy atom. The number of nitrogens with zero attached hydrogens (tertiary/aromatic N) is 4. The number of hydrogen-bond acceptors (Lipinski definition) is 5. The summed E-state index contributed by atoms with van der Waals surface area (Å²) < 4.78 is 59.2. The summed E-state index contributed by atoms with van der Waals surface area (Å²) in [4.78, 5) is 6.22. The van der Waals surface area contributed by atoms with Crippen LogP contribution in [0, 0.1) is 11.6 Å². The normalized spacial score (nSPS) is 22.9. The third-order valence-corrected chi connectivity index (χ3v) is 7.25. The summed E-state index contributed by atoms with van der Waals surface area (Å²) >= 11 is 0. The molecule has 1 aromatic carbocycles. The zero-order valence-corrected chi connectivity index (χ0v) is 17.3. The highest BCUT2D eigenvalue weighted by Crippen LogP contribution is 2.43. The Balaban J connectivity index is 1.33. The van der Waals surface area contributed by atoms with E-state index in [1.165, 1.54) is 34.8 Å². The molecule has 8 nitrogen and oxygen atoms in total. The minimum Gasteiger partial charge on any atom is -0.364 e. The maximum atomic E-state index is 14.0. The number of hydrogen-bond donors (Lipinski definition) is 1. The number of aromatic nitrogens is 1. The summed E-state index contributed by atoms with van der Waals surface area (Å²) in [5, 5.41) is 6.92. The molecule has 4 rings (SSSR count). The van der Waals surface area contributed by atoms with E-state index in [1.807, 2.05) is 4.90 Å². The van der Waals surface area contributed by atoms with Crippen molar-refractivity contribution in [2.45, 2.75) is 24.1 Å². The Morgan fingerprint density at radius 2 is 1.93 bits per heavy atom. The van der Waals surface area contributed by atoms with E-state index < -0.39 is 21.7 Å². The van der Waals surface area contributed by atoms with E-state index in [1.54, 1.807) is 7.05 Å². The average Bonchev–Trinajstić information content (AvgIpc) is 3.27. The van der Waals surface area contributed by atoms with Gasteiger partial charge in [0.05, 0.1) is 5.69 Å². The van der Waals surface area contributed by atoms with Gasteiger partial charge < -0.3 is 14.7 Å². The molecule has 1 N–H and O–H groups in total. The number of rotatable bonds is 5. The fourth-order valence-corrected chi connectivity index (χ4v) is 5.19. The standard InChI is InChI=1S/C19H23F2N5O3S/c1-22-19(23-17-11-14(17)18-15(20)3-2-4-16(18)21)25-6-8-26(9-7-25)30(27,28)12-13-5-10-29-24-13/h2-5,10,14,17H,6-9,11-12H2,1H3,(H,22,23). The van der Waals surface area contributed by atoms with E-state index in [-0.39, 0.29) is 23.3 Å². The molecule has 162 valence electrons. The highest BCUT2D eigenvalue weighted by atomic mass is 32.2. The number of piperazine rings is 1. The van der Waals surface area contributed by atoms with Crippen LogP contribution in [0.3, 0.4) is 0 Å². The number of benzene rings is 1. The molecule has 2 heterocycles. The number of halogens is 2. The Kier molecular flexibility index (Phi) is 5.74. The van der Waals surface area contributed by atoms with Crippen molar-refractivity contribution in [2.75, 3.05) is 33.2 Å². The van der Waals surface area contributed by atoms with Crippen LogP contribution in [-0.2, 0) is 15.8 Å². The van der Waals surface area contributed by atoms with Crippen molar-refractivity contribution in [1.82, 2.24) is 19.7 Å². The number of nitrogens with one attached hydrogen (secondary N) is 1. The molecule has 1 aromatic heterocycles. The lowest BCUT2D eigenvalue weighted by atomic mass is 10.1. The van der Waals surface area contributed by atoms with E-state index >= 15 is 0 Å². The highest BCUT2D eigenvalue weighted by Gasteiger charge is 2.43. The molecule has 0 radical (unpaired) electrons. The smallest absolute Gasteiger partial charge is 0.220 e.